The van der Waals surface area contributed by atoms with Gasteiger partial charge in [0.2, 0.25) is 0 Å². The minimum absolute atomic E-state index is 0.383. The molecule has 186 valence electrons. The number of fused-ring (bicyclic) bond motifs is 5. The van der Waals surface area contributed by atoms with Crippen molar-refractivity contribution in [3.63, 3.8) is 0 Å². The fraction of sp³-hybridized carbons (Fsp3) is 1.00. The van der Waals surface area contributed by atoms with Crippen molar-refractivity contribution in [1.29, 1.82) is 0 Å². The van der Waals surface area contributed by atoms with Crippen LogP contribution in [0.4, 0.5) is 0 Å². The average Bonchev–Trinajstić information content (AvgIpc) is 2.97. The second kappa shape index (κ2) is 8.54. The van der Waals surface area contributed by atoms with Crippen LogP contribution in [-0.4, -0.2) is 21.4 Å². The van der Waals surface area contributed by atoms with Crippen LogP contribution < -0.4 is 0 Å². The zero-order valence-corrected chi connectivity index (χ0v) is 22.4. The minimum atomic E-state index is -0.524. The molecule has 0 aromatic carbocycles. The van der Waals surface area contributed by atoms with Crippen LogP contribution in [0.2, 0.25) is 0 Å². The van der Waals surface area contributed by atoms with Crippen molar-refractivity contribution in [1.82, 2.24) is 0 Å². The number of hydrogen-bond donors (Lipinski definition) is 2. The van der Waals surface area contributed by atoms with Gasteiger partial charge in [-0.25, -0.2) is 0 Å². The Labute approximate surface area is 199 Å². The summed E-state index contributed by atoms with van der Waals surface area (Å²) in [5.74, 6) is 5.89. The lowest BCUT2D eigenvalue weighted by atomic mass is 9.43. The Balaban J connectivity index is 1.49. The quantitative estimate of drug-likeness (QED) is 0.441. The first kappa shape index (κ1) is 25.0. The van der Waals surface area contributed by atoms with Crippen molar-refractivity contribution in [3.8, 4) is 0 Å². The van der Waals surface area contributed by atoms with Crippen molar-refractivity contribution in [3.05, 3.63) is 0 Å². The van der Waals surface area contributed by atoms with Crippen LogP contribution >= 0.6 is 0 Å². The van der Waals surface area contributed by atoms with Crippen molar-refractivity contribution >= 4 is 0 Å². The van der Waals surface area contributed by atoms with Crippen molar-refractivity contribution in [2.45, 2.75) is 137 Å². The smallest absolute Gasteiger partial charge is 0.0648 e. The summed E-state index contributed by atoms with van der Waals surface area (Å²) in [7, 11) is 0. The molecule has 4 aliphatic carbocycles. The Morgan fingerprint density at radius 1 is 1.00 bits per heavy atom. The van der Waals surface area contributed by atoms with Gasteiger partial charge in [-0.1, -0.05) is 47.5 Å². The Morgan fingerprint density at radius 3 is 2.38 bits per heavy atom. The van der Waals surface area contributed by atoms with E-state index in [0.29, 0.717) is 10.8 Å². The molecule has 0 spiro atoms. The Bertz CT molecular complexity index is 666. The zero-order valence-electron chi connectivity index (χ0n) is 22.4. The van der Waals surface area contributed by atoms with Crippen molar-refractivity contribution in [2.24, 2.45) is 52.3 Å². The highest BCUT2D eigenvalue weighted by molar-refractivity contribution is 5.11. The maximum Gasteiger partial charge on any atom is 0.0648 e. The molecule has 2 nitrogen and oxygen atoms in total. The van der Waals surface area contributed by atoms with Crippen molar-refractivity contribution in [2.75, 3.05) is 0 Å². The molecular formula is C30H54O2. The van der Waals surface area contributed by atoms with E-state index in [1.807, 2.05) is 13.8 Å². The molecule has 0 unspecified atom stereocenters. The maximum atomic E-state index is 11.1. The SMILES string of the molecule is CC[C@]1(O)CC[C@@]2(C)[C@@H](CC[C@@H]3[C@@H]2CC[C@]2(C)[C@@H]([C@H](C)CCCC(C)(C)O)[C@H](C)C[C@@H]32)C1. The zero-order chi connectivity index (χ0) is 23.5. The molecule has 0 bridgehead atoms. The lowest BCUT2D eigenvalue weighted by Gasteiger charge is -2.62. The normalized spacial score (nSPS) is 49.8. The molecule has 4 saturated carbocycles. The van der Waals surface area contributed by atoms with E-state index in [9.17, 15) is 10.2 Å². The summed E-state index contributed by atoms with van der Waals surface area (Å²) in [6.07, 6.45) is 14.7. The van der Waals surface area contributed by atoms with E-state index in [-0.39, 0.29) is 5.60 Å². The summed E-state index contributed by atoms with van der Waals surface area (Å²) in [5, 5.41) is 21.2. The summed E-state index contributed by atoms with van der Waals surface area (Å²) < 4.78 is 0. The monoisotopic (exact) mass is 446 g/mol. The van der Waals surface area contributed by atoms with Crippen LogP contribution in [-0.2, 0) is 0 Å². The topological polar surface area (TPSA) is 40.5 Å². The first-order valence-electron chi connectivity index (χ1n) is 14.3. The van der Waals surface area contributed by atoms with Gasteiger partial charge in [-0.3, -0.25) is 0 Å². The molecule has 0 radical (unpaired) electrons. The van der Waals surface area contributed by atoms with E-state index in [0.717, 1.165) is 73.5 Å². The fourth-order valence-electron chi connectivity index (χ4n) is 10.3. The molecule has 2 heteroatoms. The first-order chi connectivity index (χ1) is 14.8. The Hall–Kier alpha value is -0.0800. The van der Waals surface area contributed by atoms with E-state index in [2.05, 4.69) is 34.6 Å². The highest BCUT2D eigenvalue weighted by Gasteiger charge is 2.62. The highest BCUT2D eigenvalue weighted by Crippen LogP contribution is 2.70. The third kappa shape index (κ3) is 4.23. The lowest BCUT2D eigenvalue weighted by molar-refractivity contribution is -0.153. The van der Waals surface area contributed by atoms with Gasteiger partial charge in [0.1, 0.15) is 0 Å². The van der Waals surface area contributed by atoms with Crippen LogP contribution in [0.25, 0.3) is 0 Å². The lowest BCUT2D eigenvalue weighted by Crippen LogP contribution is -2.56. The van der Waals surface area contributed by atoms with Gasteiger partial charge in [0.25, 0.3) is 0 Å². The van der Waals surface area contributed by atoms with Gasteiger partial charge in [-0.15, -0.1) is 0 Å². The number of rotatable bonds is 6. The molecule has 32 heavy (non-hydrogen) atoms. The highest BCUT2D eigenvalue weighted by atomic mass is 16.3. The summed E-state index contributed by atoms with van der Waals surface area (Å²) in [6, 6.07) is 0. The van der Waals surface area contributed by atoms with E-state index in [4.69, 9.17) is 0 Å². The number of aliphatic hydroxyl groups is 2. The number of hydrogen-bond acceptors (Lipinski definition) is 2. The van der Waals surface area contributed by atoms with Crippen LogP contribution in [0.5, 0.6) is 0 Å². The van der Waals surface area contributed by atoms with Gasteiger partial charge < -0.3 is 10.2 Å². The second-order valence-electron chi connectivity index (χ2n) is 14.4. The molecule has 4 rings (SSSR count). The Kier molecular flexibility index (Phi) is 6.68. The van der Waals surface area contributed by atoms with Gasteiger partial charge in [0, 0.05) is 0 Å². The van der Waals surface area contributed by atoms with Gasteiger partial charge in [0.05, 0.1) is 11.2 Å². The van der Waals surface area contributed by atoms with Crippen molar-refractivity contribution < 1.29 is 10.2 Å². The second-order valence-corrected chi connectivity index (χ2v) is 14.4. The summed E-state index contributed by atoms with van der Waals surface area (Å²) in [6.45, 7) is 16.5. The summed E-state index contributed by atoms with van der Waals surface area (Å²) in [5.41, 5.74) is 0.0668. The largest absolute Gasteiger partial charge is 0.390 e. The average molecular weight is 447 g/mol. The molecule has 4 fully saturated rings. The molecule has 0 amide bonds. The maximum absolute atomic E-state index is 11.1. The van der Waals surface area contributed by atoms with Crippen LogP contribution in [0.1, 0.15) is 126 Å². The summed E-state index contributed by atoms with van der Waals surface area (Å²) in [4.78, 5) is 0. The van der Waals surface area contributed by atoms with Gasteiger partial charge in [-0.05, 0) is 130 Å². The third-order valence-electron chi connectivity index (χ3n) is 12.0. The molecule has 0 heterocycles. The first-order valence-corrected chi connectivity index (χ1v) is 14.3. The molecule has 0 aromatic heterocycles. The Morgan fingerprint density at radius 2 is 1.72 bits per heavy atom. The molecular weight excluding hydrogens is 392 g/mol. The van der Waals surface area contributed by atoms with Gasteiger partial charge >= 0.3 is 0 Å². The predicted octanol–water partition coefficient (Wildman–Crippen LogP) is 7.61. The van der Waals surface area contributed by atoms with E-state index < -0.39 is 5.60 Å². The van der Waals surface area contributed by atoms with Gasteiger partial charge in [-0.2, -0.15) is 0 Å². The standard InChI is InChI=1S/C30H54O2/c1-8-30(32)17-16-28(6)22(19-30)11-12-23-24(28)13-15-29(7)25(23)18-21(3)26(29)20(2)10-9-14-27(4,5)31/h20-26,31-32H,8-19H2,1-7H3/t20-,21-,22+,23-,24+,25+,26+,28+,29+,30+/m1/s1. The minimum Gasteiger partial charge on any atom is -0.390 e. The van der Waals surface area contributed by atoms with E-state index in [1.54, 1.807) is 0 Å². The van der Waals surface area contributed by atoms with Crippen LogP contribution in [0.3, 0.4) is 0 Å². The molecule has 0 aromatic rings. The predicted molar refractivity (Wildman–Crippen MR) is 134 cm³/mol. The molecule has 0 saturated heterocycles. The van der Waals surface area contributed by atoms with Crippen LogP contribution in [0, 0.1) is 52.3 Å². The van der Waals surface area contributed by atoms with E-state index in [1.165, 1.54) is 44.9 Å². The molecule has 2 N–H and O–H groups in total. The van der Waals surface area contributed by atoms with E-state index >= 15 is 0 Å². The fourth-order valence-corrected chi connectivity index (χ4v) is 10.3. The third-order valence-corrected chi connectivity index (χ3v) is 12.0. The molecule has 10 atom stereocenters. The van der Waals surface area contributed by atoms with Gasteiger partial charge in [0.15, 0.2) is 0 Å². The van der Waals surface area contributed by atoms with Crippen LogP contribution in [0.15, 0.2) is 0 Å². The molecule has 0 aliphatic heterocycles. The molecule has 4 aliphatic rings. The summed E-state index contributed by atoms with van der Waals surface area (Å²) >= 11 is 0.